The number of phenols is 1. The summed E-state index contributed by atoms with van der Waals surface area (Å²) in [7, 11) is 0. The third kappa shape index (κ3) is 5.40. The standard InChI is InChI=1S/C17H15F3N4O5/c1-10-6-11(16(25)15(7-10)24(28)29)9-21-4-5-22-13-3-2-12(17(18,19)20)8-14(13)23(26)27/h2-3,6-9,22,25H,4-5H2,1H3. The number of nitrogens with zero attached hydrogens (tertiary/aromatic N) is 3. The molecule has 0 unspecified atom stereocenters. The van der Waals surface area contributed by atoms with Crippen LogP contribution < -0.4 is 5.32 Å². The Morgan fingerprint density at radius 1 is 1.14 bits per heavy atom. The molecule has 2 aromatic carbocycles. The number of nitro benzene ring substituents is 2. The number of halogens is 3. The van der Waals surface area contributed by atoms with Crippen molar-refractivity contribution in [2.75, 3.05) is 18.4 Å². The SMILES string of the molecule is Cc1cc(C=NCCNc2ccc(C(F)(F)F)cc2[N+](=O)[O-])c(O)c([N+](=O)[O-])c1. The molecule has 0 amide bonds. The smallest absolute Gasteiger partial charge is 0.416 e. The normalized spacial score (nSPS) is 11.6. The van der Waals surface area contributed by atoms with Crippen LogP contribution in [0.15, 0.2) is 35.3 Å². The number of rotatable bonds is 7. The Labute approximate surface area is 161 Å². The molecule has 12 heteroatoms. The van der Waals surface area contributed by atoms with Crippen molar-refractivity contribution in [2.24, 2.45) is 4.99 Å². The van der Waals surface area contributed by atoms with Gasteiger partial charge in [-0.05, 0) is 30.7 Å². The number of nitrogens with one attached hydrogen (secondary N) is 1. The van der Waals surface area contributed by atoms with E-state index in [2.05, 4.69) is 10.3 Å². The monoisotopic (exact) mass is 412 g/mol. The lowest BCUT2D eigenvalue weighted by Crippen LogP contribution is -2.10. The summed E-state index contributed by atoms with van der Waals surface area (Å²) in [4.78, 5) is 24.2. The molecule has 0 aliphatic heterocycles. The molecule has 0 aromatic heterocycles. The van der Waals surface area contributed by atoms with E-state index in [9.17, 15) is 38.5 Å². The predicted octanol–water partition coefficient (Wildman–Crippen LogP) is 4.07. The van der Waals surface area contributed by atoms with E-state index in [0.29, 0.717) is 11.6 Å². The van der Waals surface area contributed by atoms with Crippen molar-refractivity contribution in [3.05, 3.63) is 67.3 Å². The number of aliphatic imine (C=N–C) groups is 1. The lowest BCUT2D eigenvalue weighted by atomic mass is 10.1. The summed E-state index contributed by atoms with van der Waals surface area (Å²) in [6.45, 7) is 1.69. The number of nitro groups is 2. The van der Waals surface area contributed by atoms with Gasteiger partial charge in [-0.2, -0.15) is 13.2 Å². The van der Waals surface area contributed by atoms with Crippen molar-refractivity contribution < 1.29 is 28.1 Å². The molecule has 2 aromatic rings. The van der Waals surface area contributed by atoms with Gasteiger partial charge in [-0.15, -0.1) is 0 Å². The van der Waals surface area contributed by atoms with Gasteiger partial charge in [0.2, 0.25) is 5.75 Å². The second-order valence-electron chi connectivity index (χ2n) is 5.93. The van der Waals surface area contributed by atoms with E-state index in [-0.39, 0.29) is 24.3 Å². The first-order valence-electron chi connectivity index (χ1n) is 8.08. The Balaban J connectivity index is 2.08. The summed E-state index contributed by atoms with van der Waals surface area (Å²) in [6, 6.07) is 4.82. The molecule has 154 valence electrons. The number of anilines is 1. The Morgan fingerprint density at radius 2 is 1.79 bits per heavy atom. The number of benzene rings is 2. The molecule has 2 N–H and O–H groups in total. The maximum absolute atomic E-state index is 12.7. The molecule has 2 rings (SSSR count). The Bertz CT molecular complexity index is 976. The van der Waals surface area contributed by atoms with Crippen LogP contribution in [-0.4, -0.2) is 34.3 Å². The molecular weight excluding hydrogens is 397 g/mol. The largest absolute Gasteiger partial charge is 0.502 e. The van der Waals surface area contributed by atoms with E-state index in [1.807, 2.05) is 0 Å². The highest BCUT2D eigenvalue weighted by Gasteiger charge is 2.33. The van der Waals surface area contributed by atoms with Crippen LogP contribution in [0.5, 0.6) is 5.75 Å². The van der Waals surface area contributed by atoms with Crippen LogP contribution in [-0.2, 0) is 6.18 Å². The summed E-state index contributed by atoms with van der Waals surface area (Å²) in [5, 5.41) is 34.4. The first-order valence-corrected chi connectivity index (χ1v) is 8.08. The van der Waals surface area contributed by atoms with Crippen LogP contribution in [0.2, 0.25) is 0 Å². The number of alkyl halides is 3. The van der Waals surface area contributed by atoms with Gasteiger partial charge in [0, 0.05) is 30.5 Å². The molecule has 0 saturated heterocycles. The van der Waals surface area contributed by atoms with E-state index in [1.165, 1.54) is 18.3 Å². The minimum absolute atomic E-state index is 0.0391. The third-order valence-corrected chi connectivity index (χ3v) is 3.77. The van der Waals surface area contributed by atoms with Crippen molar-refractivity contribution in [1.82, 2.24) is 0 Å². The number of hydrogen-bond acceptors (Lipinski definition) is 7. The minimum atomic E-state index is -4.70. The number of phenolic OH excluding ortho intramolecular Hbond substituents is 1. The molecule has 0 aliphatic carbocycles. The van der Waals surface area contributed by atoms with Gasteiger partial charge < -0.3 is 10.4 Å². The highest BCUT2D eigenvalue weighted by molar-refractivity contribution is 5.86. The van der Waals surface area contributed by atoms with Crippen molar-refractivity contribution >= 4 is 23.3 Å². The van der Waals surface area contributed by atoms with Crippen molar-refractivity contribution in [2.45, 2.75) is 13.1 Å². The fourth-order valence-electron chi connectivity index (χ4n) is 2.45. The molecule has 0 atom stereocenters. The lowest BCUT2D eigenvalue weighted by Gasteiger charge is -2.10. The second kappa shape index (κ2) is 8.54. The average Bonchev–Trinajstić information content (AvgIpc) is 2.62. The zero-order chi connectivity index (χ0) is 21.8. The first kappa shape index (κ1) is 21.6. The van der Waals surface area contributed by atoms with Crippen LogP contribution in [0.3, 0.4) is 0 Å². The molecule has 0 heterocycles. The maximum Gasteiger partial charge on any atom is 0.416 e. The third-order valence-electron chi connectivity index (χ3n) is 3.77. The number of aromatic hydroxyl groups is 1. The predicted molar refractivity (Wildman–Crippen MR) is 98.5 cm³/mol. The van der Waals surface area contributed by atoms with Crippen LogP contribution in [0.25, 0.3) is 0 Å². The quantitative estimate of drug-likeness (QED) is 0.305. The highest BCUT2D eigenvalue weighted by Crippen LogP contribution is 2.35. The van der Waals surface area contributed by atoms with E-state index in [0.717, 1.165) is 12.1 Å². The van der Waals surface area contributed by atoms with Crippen molar-refractivity contribution in [1.29, 1.82) is 0 Å². The summed E-state index contributed by atoms with van der Waals surface area (Å²) in [6.07, 6.45) is -3.50. The second-order valence-corrected chi connectivity index (χ2v) is 5.93. The highest BCUT2D eigenvalue weighted by atomic mass is 19.4. The van der Waals surface area contributed by atoms with Crippen LogP contribution in [0, 0.1) is 27.2 Å². The molecule has 0 saturated carbocycles. The van der Waals surface area contributed by atoms with Crippen LogP contribution >= 0.6 is 0 Å². The average molecular weight is 412 g/mol. The zero-order valence-corrected chi connectivity index (χ0v) is 14.9. The van der Waals surface area contributed by atoms with Crippen molar-refractivity contribution in [3.8, 4) is 5.75 Å². The number of aryl methyl sites for hydroxylation is 1. The van der Waals surface area contributed by atoms with Gasteiger partial charge in [0.05, 0.1) is 22.0 Å². The molecule has 0 bridgehead atoms. The van der Waals surface area contributed by atoms with Crippen LogP contribution in [0.4, 0.5) is 30.2 Å². The lowest BCUT2D eigenvalue weighted by molar-refractivity contribution is -0.385. The first-order chi connectivity index (χ1) is 13.5. The van der Waals surface area contributed by atoms with E-state index >= 15 is 0 Å². The Kier molecular flexibility index (Phi) is 6.36. The molecule has 29 heavy (non-hydrogen) atoms. The summed E-state index contributed by atoms with van der Waals surface area (Å²) >= 11 is 0. The summed E-state index contributed by atoms with van der Waals surface area (Å²) < 4.78 is 38.1. The van der Waals surface area contributed by atoms with E-state index < -0.39 is 38.7 Å². The van der Waals surface area contributed by atoms with Gasteiger partial charge in [0.1, 0.15) is 5.69 Å². The molecule has 0 fully saturated rings. The van der Waals surface area contributed by atoms with E-state index in [1.54, 1.807) is 6.92 Å². The number of hydrogen-bond donors (Lipinski definition) is 2. The van der Waals surface area contributed by atoms with Crippen LogP contribution in [0.1, 0.15) is 16.7 Å². The maximum atomic E-state index is 12.7. The topological polar surface area (TPSA) is 131 Å². The Hall–Kier alpha value is -3.70. The Morgan fingerprint density at radius 3 is 2.38 bits per heavy atom. The summed E-state index contributed by atoms with van der Waals surface area (Å²) in [5.41, 5.74) is -1.77. The fourth-order valence-corrected chi connectivity index (χ4v) is 2.45. The van der Waals surface area contributed by atoms with Gasteiger partial charge in [0.25, 0.3) is 5.69 Å². The summed E-state index contributed by atoms with van der Waals surface area (Å²) in [5.74, 6) is -0.546. The molecule has 9 nitrogen and oxygen atoms in total. The fraction of sp³-hybridized carbons (Fsp3) is 0.235. The van der Waals surface area contributed by atoms with Gasteiger partial charge in [-0.3, -0.25) is 25.2 Å². The van der Waals surface area contributed by atoms with Gasteiger partial charge in [-0.1, -0.05) is 0 Å². The van der Waals surface area contributed by atoms with Crippen molar-refractivity contribution in [3.63, 3.8) is 0 Å². The van der Waals surface area contributed by atoms with Gasteiger partial charge in [-0.25, -0.2) is 0 Å². The molecule has 0 aliphatic rings. The van der Waals surface area contributed by atoms with Gasteiger partial charge in [0.15, 0.2) is 0 Å². The van der Waals surface area contributed by atoms with E-state index in [4.69, 9.17) is 0 Å². The molecule has 0 spiro atoms. The molecule has 0 radical (unpaired) electrons. The minimum Gasteiger partial charge on any atom is -0.502 e. The molecular formula is C17H15F3N4O5. The zero-order valence-electron chi connectivity index (χ0n) is 14.9. The van der Waals surface area contributed by atoms with Gasteiger partial charge >= 0.3 is 11.9 Å².